The molecule has 0 saturated heterocycles. The quantitative estimate of drug-likeness (QED) is 0.811. The first-order chi connectivity index (χ1) is 7.85. The Morgan fingerprint density at radius 3 is 2.59 bits per heavy atom. The predicted octanol–water partition coefficient (Wildman–Crippen LogP) is 3.61. The summed E-state index contributed by atoms with van der Waals surface area (Å²) >= 11 is 14.2. The summed E-state index contributed by atoms with van der Waals surface area (Å²) in [4.78, 5) is 0. The molecule has 1 rings (SSSR count). The lowest BCUT2D eigenvalue weighted by atomic mass is 10.3. The molecule has 96 valence electrons. The molecule has 0 saturated carbocycles. The molecule has 0 unspecified atom stereocenters. The van der Waals surface area contributed by atoms with Crippen molar-refractivity contribution >= 4 is 54.8 Å². The van der Waals surface area contributed by atoms with E-state index >= 15 is 0 Å². The van der Waals surface area contributed by atoms with Gasteiger partial charge in [-0.3, -0.25) is 4.72 Å². The number of rotatable bonds is 5. The van der Waals surface area contributed by atoms with Crippen molar-refractivity contribution in [3.63, 3.8) is 0 Å². The van der Waals surface area contributed by atoms with Crippen molar-refractivity contribution in [3.8, 4) is 0 Å². The SMILES string of the molecule is O=S(=O)(CCCCl)Nc1c(Cl)cc(F)cc1Br. The summed E-state index contributed by atoms with van der Waals surface area (Å²) in [5.41, 5.74) is 0.127. The minimum atomic E-state index is -3.53. The van der Waals surface area contributed by atoms with Gasteiger partial charge in [0.25, 0.3) is 0 Å². The number of halogens is 4. The second kappa shape index (κ2) is 6.22. The minimum Gasteiger partial charge on any atom is -0.281 e. The van der Waals surface area contributed by atoms with Gasteiger partial charge >= 0.3 is 0 Å². The maximum atomic E-state index is 12.9. The maximum Gasteiger partial charge on any atom is 0.232 e. The molecule has 3 nitrogen and oxygen atoms in total. The number of sulfonamides is 1. The van der Waals surface area contributed by atoms with Gasteiger partial charge in [0.1, 0.15) is 5.82 Å². The number of benzene rings is 1. The summed E-state index contributed by atoms with van der Waals surface area (Å²) in [5.74, 6) is -0.416. The summed E-state index contributed by atoms with van der Waals surface area (Å²) in [6.45, 7) is 0. The van der Waals surface area contributed by atoms with Gasteiger partial charge in [0.15, 0.2) is 0 Å². The lowest BCUT2D eigenvalue weighted by Crippen LogP contribution is -2.17. The van der Waals surface area contributed by atoms with Gasteiger partial charge in [-0.1, -0.05) is 11.6 Å². The molecule has 0 atom stereocenters. The van der Waals surface area contributed by atoms with Gasteiger partial charge in [0, 0.05) is 10.4 Å². The largest absolute Gasteiger partial charge is 0.281 e. The molecule has 0 aliphatic carbocycles. The molecule has 0 radical (unpaired) electrons. The van der Waals surface area contributed by atoms with E-state index in [1.807, 2.05) is 0 Å². The van der Waals surface area contributed by atoms with Crippen LogP contribution >= 0.6 is 39.1 Å². The van der Waals surface area contributed by atoms with Crippen LogP contribution in [0.3, 0.4) is 0 Å². The predicted molar refractivity (Wildman–Crippen MR) is 71.9 cm³/mol. The van der Waals surface area contributed by atoms with Crippen LogP contribution in [0.2, 0.25) is 5.02 Å². The van der Waals surface area contributed by atoms with E-state index in [1.54, 1.807) is 0 Å². The maximum absolute atomic E-state index is 12.9. The lowest BCUT2D eigenvalue weighted by Gasteiger charge is -2.11. The topological polar surface area (TPSA) is 46.2 Å². The Hall–Kier alpha value is -0.0400. The van der Waals surface area contributed by atoms with Gasteiger partial charge in [-0.15, -0.1) is 11.6 Å². The third-order valence-corrected chi connectivity index (χ3v) is 4.34. The normalized spacial score (nSPS) is 11.5. The van der Waals surface area contributed by atoms with E-state index in [2.05, 4.69) is 20.7 Å². The highest BCUT2D eigenvalue weighted by atomic mass is 79.9. The third-order valence-electron chi connectivity index (χ3n) is 1.81. The molecule has 8 heteroatoms. The number of alkyl halides is 1. The molecule has 0 heterocycles. The molecule has 0 amide bonds. The number of hydrogen-bond donors (Lipinski definition) is 1. The fourth-order valence-electron chi connectivity index (χ4n) is 1.09. The first-order valence-electron chi connectivity index (χ1n) is 4.57. The van der Waals surface area contributed by atoms with Gasteiger partial charge in [-0.2, -0.15) is 0 Å². The number of hydrogen-bond acceptors (Lipinski definition) is 2. The Labute approximate surface area is 117 Å². The minimum absolute atomic E-state index is 0.00803. The van der Waals surface area contributed by atoms with Gasteiger partial charge in [-0.05, 0) is 34.5 Å². The van der Waals surface area contributed by atoms with Crippen molar-refractivity contribution in [1.29, 1.82) is 0 Å². The van der Waals surface area contributed by atoms with Crippen molar-refractivity contribution in [1.82, 2.24) is 0 Å². The fourth-order valence-corrected chi connectivity index (χ4v) is 3.63. The second-order valence-corrected chi connectivity index (χ2v) is 6.69. The zero-order chi connectivity index (χ0) is 13.1. The van der Waals surface area contributed by atoms with E-state index in [0.29, 0.717) is 6.42 Å². The first-order valence-corrected chi connectivity index (χ1v) is 7.92. The average molecular weight is 365 g/mol. The summed E-state index contributed by atoms with van der Waals surface area (Å²) in [6.07, 6.45) is 0.327. The van der Waals surface area contributed by atoms with E-state index in [4.69, 9.17) is 23.2 Å². The molecular weight excluding hydrogens is 356 g/mol. The Morgan fingerprint density at radius 1 is 1.41 bits per heavy atom. The van der Waals surface area contributed by atoms with Crippen LogP contribution in [0.4, 0.5) is 10.1 Å². The molecular formula is C9H9BrCl2FNO2S. The van der Waals surface area contributed by atoms with Crippen LogP contribution in [0.25, 0.3) is 0 Å². The highest BCUT2D eigenvalue weighted by molar-refractivity contribution is 9.10. The fraction of sp³-hybridized carbons (Fsp3) is 0.333. The smallest absolute Gasteiger partial charge is 0.232 e. The highest BCUT2D eigenvalue weighted by Gasteiger charge is 2.15. The third kappa shape index (κ3) is 4.62. The van der Waals surface area contributed by atoms with E-state index in [9.17, 15) is 12.8 Å². The van der Waals surface area contributed by atoms with Crippen LogP contribution in [0, 0.1) is 5.82 Å². The zero-order valence-electron chi connectivity index (χ0n) is 8.51. The van der Waals surface area contributed by atoms with E-state index < -0.39 is 15.8 Å². The number of anilines is 1. The van der Waals surface area contributed by atoms with Gasteiger partial charge in [0.05, 0.1) is 16.5 Å². The lowest BCUT2D eigenvalue weighted by molar-refractivity contribution is 0.599. The summed E-state index contributed by atoms with van der Waals surface area (Å²) < 4.78 is 38.7. The summed E-state index contributed by atoms with van der Waals surface area (Å²) in [7, 11) is -3.53. The molecule has 0 bridgehead atoms. The van der Waals surface area contributed by atoms with Crippen LogP contribution in [-0.2, 0) is 10.0 Å². The van der Waals surface area contributed by atoms with Gasteiger partial charge in [-0.25, -0.2) is 12.8 Å². The molecule has 1 N–H and O–H groups in total. The molecule has 0 aromatic heterocycles. The van der Waals surface area contributed by atoms with Crippen molar-refractivity contribution in [3.05, 3.63) is 27.4 Å². The van der Waals surface area contributed by atoms with Crippen molar-refractivity contribution < 1.29 is 12.8 Å². The summed E-state index contributed by atoms with van der Waals surface area (Å²) in [5, 5.41) is -0.00803. The van der Waals surface area contributed by atoms with Crippen molar-refractivity contribution in [2.75, 3.05) is 16.4 Å². The van der Waals surface area contributed by atoms with Gasteiger partial charge in [0.2, 0.25) is 10.0 Å². The van der Waals surface area contributed by atoms with Crippen LogP contribution < -0.4 is 4.72 Å². The molecule has 0 aliphatic rings. The Balaban J connectivity index is 2.96. The Morgan fingerprint density at radius 2 is 2.06 bits per heavy atom. The molecule has 1 aromatic rings. The standard InChI is InChI=1S/C9H9BrCl2FNO2S/c10-7-4-6(13)5-8(12)9(7)14-17(15,16)3-1-2-11/h4-5,14H,1-3H2. The van der Waals surface area contributed by atoms with E-state index in [-0.39, 0.29) is 26.8 Å². The van der Waals surface area contributed by atoms with Crippen LogP contribution in [-0.4, -0.2) is 20.1 Å². The van der Waals surface area contributed by atoms with Crippen molar-refractivity contribution in [2.45, 2.75) is 6.42 Å². The van der Waals surface area contributed by atoms with Crippen LogP contribution in [0.5, 0.6) is 0 Å². The van der Waals surface area contributed by atoms with E-state index in [0.717, 1.165) is 12.1 Å². The highest BCUT2D eigenvalue weighted by Crippen LogP contribution is 2.32. The van der Waals surface area contributed by atoms with Gasteiger partial charge < -0.3 is 0 Å². The number of nitrogens with one attached hydrogen (secondary N) is 1. The van der Waals surface area contributed by atoms with Crippen LogP contribution in [0.15, 0.2) is 16.6 Å². The second-order valence-electron chi connectivity index (χ2n) is 3.21. The Bertz CT molecular complexity index is 487. The monoisotopic (exact) mass is 363 g/mol. The van der Waals surface area contributed by atoms with Crippen LogP contribution in [0.1, 0.15) is 6.42 Å². The van der Waals surface area contributed by atoms with Crippen molar-refractivity contribution in [2.24, 2.45) is 0 Å². The molecule has 0 spiro atoms. The molecule has 17 heavy (non-hydrogen) atoms. The molecule has 1 aromatic carbocycles. The Kier molecular flexibility index (Phi) is 5.50. The first kappa shape index (κ1) is 15.0. The zero-order valence-corrected chi connectivity index (χ0v) is 12.4. The molecule has 0 aliphatic heterocycles. The average Bonchev–Trinajstić information content (AvgIpc) is 2.21. The van der Waals surface area contributed by atoms with E-state index in [1.165, 1.54) is 0 Å². The molecule has 0 fully saturated rings. The summed E-state index contributed by atoms with van der Waals surface area (Å²) in [6, 6.07) is 2.16.